The summed E-state index contributed by atoms with van der Waals surface area (Å²) in [5.74, 6) is 1.02. The van der Waals surface area contributed by atoms with Gasteiger partial charge in [-0.2, -0.15) is 0 Å². The number of likely N-dealkylation sites (tertiary alicyclic amines) is 1. The van der Waals surface area contributed by atoms with E-state index in [2.05, 4.69) is 22.2 Å². The Kier molecular flexibility index (Phi) is 3.75. The van der Waals surface area contributed by atoms with E-state index in [0.29, 0.717) is 30.7 Å². The number of carbonyl (C=O) groups is 1. The Morgan fingerprint density at radius 3 is 2.61 bits per heavy atom. The molecule has 1 aromatic carbocycles. The minimum atomic E-state index is -0.0551. The summed E-state index contributed by atoms with van der Waals surface area (Å²) < 4.78 is 10.6. The fourth-order valence-corrected chi connectivity index (χ4v) is 3.04. The van der Waals surface area contributed by atoms with Gasteiger partial charge in [-0.05, 0) is 5.56 Å². The Bertz CT molecular complexity index is 673. The first-order valence-corrected chi connectivity index (χ1v) is 7.95. The zero-order chi connectivity index (χ0) is 15.6. The van der Waals surface area contributed by atoms with Crippen molar-refractivity contribution in [3.05, 3.63) is 47.7 Å². The number of anilines is 1. The summed E-state index contributed by atoms with van der Waals surface area (Å²) in [6.07, 6.45) is 0. The van der Waals surface area contributed by atoms with Gasteiger partial charge in [0.05, 0.1) is 13.2 Å². The molecule has 2 aliphatic heterocycles. The van der Waals surface area contributed by atoms with Crippen molar-refractivity contribution < 1.29 is 14.1 Å². The maximum Gasteiger partial charge on any atom is 0.276 e. The predicted octanol–water partition coefficient (Wildman–Crippen LogP) is 1.75. The lowest BCUT2D eigenvalue weighted by Gasteiger charge is -2.39. The number of nitrogens with zero attached hydrogens (tertiary/aromatic N) is 3. The SMILES string of the molecule is O=C(c1cc(N2CCOCC2)on1)N1CC(c2ccccc2)C1. The van der Waals surface area contributed by atoms with Gasteiger partial charge >= 0.3 is 0 Å². The molecule has 0 spiro atoms. The molecule has 2 fully saturated rings. The molecule has 0 aliphatic carbocycles. The molecule has 23 heavy (non-hydrogen) atoms. The van der Waals surface area contributed by atoms with Crippen LogP contribution in [0.2, 0.25) is 0 Å². The average molecular weight is 313 g/mol. The Balaban J connectivity index is 1.38. The van der Waals surface area contributed by atoms with Gasteiger partial charge in [-0.25, -0.2) is 0 Å². The minimum absolute atomic E-state index is 0.0551. The molecule has 1 amide bonds. The van der Waals surface area contributed by atoms with Crippen molar-refractivity contribution in [1.29, 1.82) is 0 Å². The lowest BCUT2D eigenvalue weighted by Crippen LogP contribution is -2.48. The third kappa shape index (κ3) is 2.82. The molecule has 2 saturated heterocycles. The molecule has 6 nitrogen and oxygen atoms in total. The number of benzene rings is 1. The van der Waals surface area contributed by atoms with Crippen LogP contribution in [0.25, 0.3) is 0 Å². The highest BCUT2D eigenvalue weighted by Crippen LogP contribution is 2.28. The van der Waals surface area contributed by atoms with Gasteiger partial charge in [0.15, 0.2) is 5.69 Å². The Morgan fingerprint density at radius 2 is 1.87 bits per heavy atom. The lowest BCUT2D eigenvalue weighted by atomic mass is 9.91. The van der Waals surface area contributed by atoms with E-state index in [1.807, 2.05) is 23.1 Å². The first-order chi connectivity index (χ1) is 11.3. The first kappa shape index (κ1) is 14.3. The van der Waals surface area contributed by atoms with Crippen LogP contribution in [0.1, 0.15) is 22.0 Å². The summed E-state index contributed by atoms with van der Waals surface area (Å²) in [4.78, 5) is 16.3. The number of carbonyl (C=O) groups excluding carboxylic acids is 1. The largest absolute Gasteiger partial charge is 0.378 e. The molecule has 120 valence electrons. The maximum atomic E-state index is 12.5. The Hall–Kier alpha value is -2.34. The van der Waals surface area contributed by atoms with Crippen LogP contribution in [-0.4, -0.2) is 55.4 Å². The maximum absolute atomic E-state index is 12.5. The molecule has 2 aliphatic rings. The monoisotopic (exact) mass is 313 g/mol. The molecule has 0 saturated carbocycles. The number of rotatable bonds is 3. The lowest BCUT2D eigenvalue weighted by molar-refractivity contribution is 0.0591. The highest BCUT2D eigenvalue weighted by molar-refractivity contribution is 5.93. The molecule has 0 atom stereocenters. The van der Waals surface area contributed by atoms with E-state index >= 15 is 0 Å². The third-order valence-corrected chi connectivity index (χ3v) is 4.48. The van der Waals surface area contributed by atoms with Gasteiger partial charge in [-0.1, -0.05) is 35.5 Å². The van der Waals surface area contributed by atoms with E-state index in [4.69, 9.17) is 9.26 Å². The minimum Gasteiger partial charge on any atom is -0.378 e. The highest BCUT2D eigenvalue weighted by atomic mass is 16.5. The second kappa shape index (κ2) is 6.04. The van der Waals surface area contributed by atoms with Crippen LogP contribution in [0.4, 0.5) is 5.88 Å². The summed E-state index contributed by atoms with van der Waals surface area (Å²) in [7, 11) is 0. The van der Waals surface area contributed by atoms with Crippen LogP contribution in [0.3, 0.4) is 0 Å². The number of hydrogen-bond acceptors (Lipinski definition) is 5. The van der Waals surface area contributed by atoms with Crippen molar-refractivity contribution in [3.63, 3.8) is 0 Å². The van der Waals surface area contributed by atoms with Gasteiger partial charge in [-0.3, -0.25) is 4.79 Å². The molecule has 0 unspecified atom stereocenters. The van der Waals surface area contributed by atoms with Gasteiger partial charge in [0, 0.05) is 38.2 Å². The number of morpholine rings is 1. The summed E-state index contributed by atoms with van der Waals surface area (Å²) >= 11 is 0. The van der Waals surface area contributed by atoms with Crippen LogP contribution >= 0.6 is 0 Å². The van der Waals surface area contributed by atoms with E-state index in [1.54, 1.807) is 6.07 Å². The normalized spacial score (nSPS) is 18.8. The smallest absolute Gasteiger partial charge is 0.276 e. The van der Waals surface area contributed by atoms with E-state index in [-0.39, 0.29) is 5.91 Å². The predicted molar refractivity (Wildman–Crippen MR) is 84.6 cm³/mol. The second-order valence-electron chi connectivity index (χ2n) is 5.97. The first-order valence-electron chi connectivity index (χ1n) is 7.95. The van der Waals surface area contributed by atoms with Crippen LogP contribution in [-0.2, 0) is 4.74 Å². The van der Waals surface area contributed by atoms with Crippen LogP contribution < -0.4 is 4.90 Å². The van der Waals surface area contributed by atoms with E-state index in [9.17, 15) is 4.79 Å². The van der Waals surface area contributed by atoms with Crippen molar-refractivity contribution in [1.82, 2.24) is 10.1 Å². The Morgan fingerprint density at radius 1 is 1.13 bits per heavy atom. The van der Waals surface area contributed by atoms with Crippen molar-refractivity contribution >= 4 is 11.8 Å². The highest BCUT2D eigenvalue weighted by Gasteiger charge is 2.33. The molecule has 0 bridgehead atoms. The van der Waals surface area contributed by atoms with E-state index in [0.717, 1.165) is 26.2 Å². The van der Waals surface area contributed by atoms with Crippen LogP contribution in [0.15, 0.2) is 40.9 Å². The van der Waals surface area contributed by atoms with Crippen LogP contribution in [0.5, 0.6) is 0 Å². The molecule has 1 aromatic heterocycles. The molecule has 0 radical (unpaired) electrons. The summed E-state index contributed by atoms with van der Waals surface area (Å²) in [5.41, 5.74) is 1.67. The Labute approximate surface area is 134 Å². The molecule has 4 rings (SSSR count). The summed E-state index contributed by atoms with van der Waals surface area (Å²) in [6, 6.07) is 12.0. The van der Waals surface area contributed by atoms with E-state index < -0.39 is 0 Å². The molecular formula is C17H19N3O3. The van der Waals surface area contributed by atoms with Crippen molar-refractivity contribution in [2.45, 2.75) is 5.92 Å². The van der Waals surface area contributed by atoms with Gasteiger partial charge < -0.3 is 19.1 Å². The van der Waals surface area contributed by atoms with Gasteiger partial charge in [-0.15, -0.1) is 0 Å². The summed E-state index contributed by atoms with van der Waals surface area (Å²) in [5, 5.41) is 3.94. The quantitative estimate of drug-likeness (QED) is 0.864. The standard InChI is InChI=1S/C17H19N3O3/c21-17(20-11-14(12-20)13-4-2-1-3-5-13)15-10-16(23-18-15)19-6-8-22-9-7-19/h1-5,10,14H,6-9,11-12H2. The molecular weight excluding hydrogens is 294 g/mol. The zero-order valence-electron chi connectivity index (χ0n) is 12.9. The van der Waals surface area contributed by atoms with E-state index in [1.165, 1.54) is 5.56 Å². The molecule has 2 aromatic rings. The van der Waals surface area contributed by atoms with Gasteiger partial charge in [0.2, 0.25) is 5.88 Å². The number of amides is 1. The summed E-state index contributed by atoms with van der Waals surface area (Å²) in [6.45, 7) is 4.36. The zero-order valence-corrected chi connectivity index (χ0v) is 12.9. The van der Waals surface area contributed by atoms with Crippen molar-refractivity contribution in [2.75, 3.05) is 44.3 Å². The third-order valence-electron chi connectivity index (χ3n) is 4.48. The molecule has 3 heterocycles. The van der Waals surface area contributed by atoms with Crippen molar-refractivity contribution in [3.8, 4) is 0 Å². The number of ether oxygens (including phenoxy) is 1. The molecule has 0 N–H and O–H groups in total. The van der Waals surface area contributed by atoms with Crippen LogP contribution in [0, 0.1) is 0 Å². The second-order valence-corrected chi connectivity index (χ2v) is 5.97. The van der Waals surface area contributed by atoms with Crippen molar-refractivity contribution in [2.24, 2.45) is 0 Å². The number of aromatic nitrogens is 1. The van der Waals surface area contributed by atoms with Gasteiger partial charge in [0.1, 0.15) is 0 Å². The fourth-order valence-electron chi connectivity index (χ4n) is 3.04. The average Bonchev–Trinajstić information content (AvgIpc) is 3.05. The number of hydrogen-bond donors (Lipinski definition) is 0. The topological polar surface area (TPSA) is 58.8 Å². The van der Waals surface area contributed by atoms with Gasteiger partial charge in [0.25, 0.3) is 5.91 Å². The fraction of sp³-hybridized carbons (Fsp3) is 0.412. The molecule has 6 heteroatoms.